The van der Waals surface area contributed by atoms with Crippen LogP contribution in [-0.2, 0) is 0 Å². The van der Waals surface area contributed by atoms with Crippen LogP contribution in [0.4, 0.5) is 0 Å². The van der Waals surface area contributed by atoms with E-state index in [1.807, 2.05) is 0 Å². The Morgan fingerprint density at radius 3 is 2.39 bits per heavy atom. The number of nitrogens with one attached hydrogen (secondary N) is 1. The van der Waals surface area contributed by atoms with Gasteiger partial charge in [-0.1, -0.05) is 48.0 Å². The Labute approximate surface area is 115 Å². The third-order valence-corrected chi connectivity index (χ3v) is 4.69. The molecule has 0 heterocycles. The molecule has 1 fully saturated rings. The highest BCUT2D eigenvalue weighted by Gasteiger charge is 2.39. The number of rotatable bonds is 6. The maximum Gasteiger partial charge on any atom is 0.0101 e. The molecule has 1 N–H and O–H groups in total. The highest BCUT2D eigenvalue weighted by atomic mass is 14.9. The summed E-state index contributed by atoms with van der Waals surface area (Å²) < 4.78 is 0. The van der Waals surface area contributed by atoms with Crippen LogP contribution in [0.1, 0.15) is 80.1 Å². The number of hydrogen-bond donors (Lipinski definition) is 1. The molecule has 1 aliphatic rings. The fourth-order valence-electron chi connectivity index (χ4n) is 3.46. The van der Waals surface area contributed by atoms with E-state index >= 15 is 0 Å². The average Bonchev–Trinajstić information content (AvgIpc) is 2.57. The van der Waals surface area contributed by atoms with Crippen LogP contribution >= 0.6 is 0 Å². The lowest BCUT2D eigenvalue weighted by Gasteiger charge is -2.36. The van der Waals surface area contributed by atoms with Gasteiger partial charge in [0.15, 0.2) is 0 Å². The predicted molar refractivity (Wildman–Crippen MR) is 81.9 cm³/mol. The van der Waals surface area contributed by atoms with Crippen molar-refractivity contribution in [3.8, 4) is 0 Å². The van der Waals surface area contributed by atoms with Crippen molar-refractivity contribution in [1.29, 1.82) is 0 Å². The molecule has 0 spiro atoms. The minimum Gasteiger partial charge on any atom is -0.314 e. The Bertz CT molecular complexity index is 236. The fourth-order valence-corrected chi connectivity index (χ4v) is 3.46. The van der Waals surface area contributed by atoms with Crippen LogP contribution in [0.5, 0.6) is 0 Å². The van der Waals surface area contributed by atoms with Gasteiger partial charge in [0.25, 0.3) is 0 Å². The summed E-state index contributed by atoms with van der Waals surface area (Å²) in [7, 11) is 0. The topological polar surface area (TPSA) is 12.0 Å². The first-order valence-electron chi connectivity index (χ1n) is 7.99. The van der Waals surface area contributed by atoms with E-state index in [0.717, 1.165) is 12.0 Å². The Kier molecular flexibility index (Phi) is 5.70. The quantitative estimate of drug-likeness (QED) is 0.702. The highest BCUT2D eigenvalue weighted by molar-refractivity contribution is 4.92. The summed E-state index contributed by atoms with van der Waals surface area (Å²) in [4.78, 5) is 0. The summed E-state index contributed by atoms with van der Waals surface area (Å²) >= 11 is 0. The van der Waals surface area contributed by atoms with E-state index in [9.17, 15) is 0 Å². The Balaban J connectivity index is 2.60. The molecule has 1 rings (SSSR count). The van der Waals surface area contributed by atoms with Crippen molar-refractivity contribution in [2.45, 2.75) is 86.1 Å². The van der Waals surface area contributed by atoms with E-state index in [2.05, 4.69) is 46.9 Å². The van der Waals surface area contributed by atoms with Crippen molar-refractivity contribution in [3.05, 3.63) is 0 Å². The normalized spacial score (nSPS) is 25.3. The summed E-state index contributed by atoms with van der Waals surface area (Å²) in [5.74, 6) is 0.881. The van der Waals surface area contributed by atoms with Crippen molar-refractivity contribution in [3.63, 3.8) is 0 Å². The zero-order valence-electron chi connectivity index (χ0n) is 13.6. The highest BCUT2D eigenvalue weighted by Crippen LogP contribution is 2.45. The molecule has 0 aromatic carbocycles. The van der Waals surface area contributed by atoms with E-state index in [0.29, 0.717) is 10.8 Å². The van der Waals surface area contributed by atoms with E-state index in [1.165, 1.54) is 45.1 Å². The molecular formula is C17H35N. The first-order chi connectivity index (χ1) is 8.26. The van der Waals surface area contributed by atoms with E-state index in [1.54, 1.807) is 0 Å². The molecule has 0 amide bonds. The zero-order chi connectivity index (χ0) is 13.8. The fraction of sp³-hybridized carbons (Fsp3) is 1.00. The maximum atomic E-state index is 3.84. The molecule has 0 bridgehead atoms. The third-order valence-electron chi connectivity index (χ3n) is 4.69. The van der Waals surface area contributed by atoms with Crippen LogP contribution in [0.2, 0.25) is 0 Å². The van der Waals surface area contributed by atoms with E-state index < -0.39 is 0 Å². The van der Waals surface area contributed by atoms with Crippen LogP contribution in [-0.4, -0.2) is 12.6 Å². The van der Waals surface area contributed by atoms with Gasteiger partial charge in [-0.25, -0.2) is 0 Å². The van der Waals surface area contributed by atoms with E-state index in [-0.39, 0.29) is 0 Å². The summed E-state index contributed by atoms with van der Waals surface area (Å²) in [6.07, 6.45) is 8.20. The van der Waals surface area contributed by atoms with Crippen LogP contribution < -0.4 is 5.32 Å². The molecule has 0 radical (unpaired) electrons. The minimum atomic E-state index is 0.467. The van der Waals surface area contributed by atoms with Gasteiger partial charge < -0.3 is 5.32 Å². The van der Waals surface area contributed by atoms with Crippen molar-refractivity contribution < 1.29 is 0 Å². The lowest BCUT2D eigenvalue weighted by molar-refractivity contribution is 0.176. The molecule has 0 saturated heterocycles. The minimum absolute atomic E-state index is 0.467. The molecule has 18 heavy (non-hydrogen) atoms. The monoisotopic (exact) mass is 253 g/mol. The second kappa shape index (κ2) is 6.41. The molecule has 2 atom stereocenters. The largest absolute Gasteiger partial charge is 0.314 e. The van der Waals surface area contributed by atoms with Crippen molar-refractivity contribution in [2.24, 2.45) is 16.7 Å². The number of hydrogen-bond acceptors (Lipinski definition) is 1. The van der Waals surface area contributed by atoms with Crippen LogP contribution in [0, 0.1) is 16.7 Å². The molecule has 108 valence electrons. The van der Waals surface area contributed by atoms with Crippen molar-refractivity contribution in [2.75, 3.05) is 6.54 Å². The van der Waals surface area contributed by atoms with Gasteiger partial charge in [0.1, 0.15) is 0 Å². The first-order valence-corrected chi connectivity index (χ1v) is 7.99. The molecule has 2 unspecified atom stereocenters. The smallest absolute Gasteiger partial charge is 0.0101 e. The van der Waals surface area contributed by atoms with Crippen molar-refractivity contribution >= 4 is 0 Å². The van der Waals surface area contributed by atoms with Gasteiger partial charge in [-0.2, -0.15) is 0 Å². The van der Waals surface area contributed by atoms with Gasteiger partial charge >= 0.3 is 0 Å². The van der Waals surface area contributed by atoms with Gasteiger partial charge in [-0.3, -0.25) is 0 Å². The standard InChI is InChI=1S/C17H35N/c1-7-13-18-15(10-12-16(2,3)4)14-9-8-11-17(14,5)6/h14-15,18H,7-13H2,1-6H3. The van der Waals surface area contributed by atoms with Gasteiger partial charge in [0.05, 0.1) is 0 Å². The summed E-state index contributed by atoms with van der Waals surface area (Å²) in [6.45, 7) is 15.5. The molecule has 0 aromatic rings. The molecule has 1 nitrogen and oxygen atoms in total. The molecule has 0 aromatic heterocycles. The lowest BCUT2D eigenvalue weighted by Crippen LogP contribution is -2.41. The first kappa shape index (κ1) is 16.0. The Morgan fingerprint density at radius 1 is 1.28 bits per heavy atom. The second-order valence-electron chi connectivity index (χ2n) is 8.15. The van der Waals surface area contributed by atoms with Gasteiger partial charge in [-0.05, 0) is 55.4 Å². The lowest BCUT2D eigenvalue weighted by atomic mass is 9.74. The summed E-state index contributed by atoms with van der Waals surface area (Å²) in [5, 5.41) is 3.84. The molecule has 0 aliphatic heterocycles. The van der Waals surface area contributed by atoms with Gasteiger partial charge in [-0.15, -0.1) is 0 Å². The predicted octanol–water partition coefficient (Wildman–Crippen LogP) is 5.01. The molecule has 1 aliphatic carbocycles. The Morgan fingerprint density at radius 2 is 1.94 bits per heavy atom. The Hall–Kier alpha value is -0.0400. The maximum absolute atomic E-state index is 3.84. The van der Waals surface area contributed by atoms with Crippen LogP contribution in [0.25, 0.3) is 0 Å². The third kappa shape index (κ3) is 4.91. The summed E-state index contributed by atoms with van der Waals surface area (Å²) in [6, 6.07) is 0.738. The second-order valence-corrected chi connectivity index (χ2v) is 8.15. The SMILES string of the molecule is CCCNC(CCC(C)(C)C)C1CCCC1(C)C. The van der Waals surface area contributed by atoms with Crippen LogP contribution in [0.15, 0.2) is 0 Å². The van der Waals surface area contributed by atoms with Crippen LogP contribution in [0.3, 0.4) is 0 Å². The van der Waals surface area contributed by atoms with Crippen molar-refractivity contribution in [1.82, 2.24) is 5.32 Å². The molecule has 1 heteroatoms. The zero-order valence-corrected chi connectivity index (χ0v) is 13.6. The van der Waals surface area contributed by atoms with Gasteiger partial charge in [0.2, 0.25) is 0 Å². The summed E-state index contributed by atoms with van der Waals surface area (Å²) in [5.41, 5.74) is 1.01. The molecular weight excluding hydrogens is 218 g/mol. The van der Waals surface area contributed by atoms with Gasteiger partial charge in [0, 0.05) is 6.04 Å². The molecule has 1 saturated carbocycles. The van der Waals surface area contributed by atoms with E-state index in [4.69, 9.17) is 0 Å². The average molecular weight is 253 g/mol.